The molecule has 0 N–H and O–H groups in total. The molecule has 3 amide bonds. The quantitative estimate of drug-likeness (QED) is 0.748. The van der Waals surface area contributed by atoms with E-state index >= 15 is 0 Å². The van der Waals surface area contributed by atoms with Gasteiger partial charge in [-0.2, -0.15) is 0 Å². The van der Waals surface area contributed by atoms with Crippen LogP contribution in [-0.2, 0) is 17.9 Å². The number of benzene rings is 2. The van der Waals surface area contributed by atoms with Crippen molar-refractivity contribution in [1.82, 2.24) is 9.80 Å². The normalized spacial score (nSPS) is 17.1. The molecule has 2 aromatic rings. The Bertz CT molecular complexity index is 816. The summed E-state index contributed by atoms with van der Waals surface area (Å²) in [5.41, 5.74) is 1.75. The number of rotatable bonds is 6. The zero-order valence-electron chi connectivity index (χ0n) is 14.2. The largest absolute Gasteiger partial charge is 0.489 e. The lowest BCUT2D eigenvalue weighted by Crippen LogP contribution is -2.33. The van der Waals surface area contributed by atoms with E-state index in [-0.39, 0.29) is 36.9 Å². The number of carbonyl (C=O) groups excluding carboxylic acids is 2. The van der Waals surface area contributed by atoms with Crippen LogP contribution in [-0.4, -0.2) is 34.3 Å². The summed E-state index contributed by atoms with van der Waals surface area (Å²) in [6, 6.07) is 13.5. The first kappa shape index (κ1) is 16.6. The van der Waals surface area contributed by atoms with Crippen LogP contribution < -0.4 is 4.74 Å². The van der Waals surface area contributed by atoms with Gasteiger partial charge in [-0.05, 0) is 48.2 Å². The van der Waals surface area contributed by atoms with Crippen LogP contribution in [0.25, 0.3) is 0 Å². The van der Waals surface area contributed by atoms with Crippen molar-refractivity contribution in [1.29, 1.82) is 0 Å². The van der Waals surface area contributed by atoms with Gasteiger partial charge >= 0.3 is 6.03 Å². The van der Waals surface area contributed by atoms with Crippen molar-refractivity contribution in [3.63, 3.8) is 0 Å². The van der Waals surface area contributed by atoms with E-state index in [9.17, 15) is 14.0 Å². The molecule has 1 aliphatic heterocycles. The van der Waals surface area contributed by atoms with Crippen molar-refractivity contribution in [2.75, 3.05) is 6.54 Å². The molecule has 0 bridgehead atoms. The summed E-state index contributed by atoms with van der Waals surface area (Å²) >= 11 is 0. The average molecular weight is 354 g/mol. The number of nitrogens with zero attached hydrogens (tertiary/aromatic N) is 2. The van der Waals surface area contributed by atoms with Crippen molar-refractivity contribution in [2.45, 2.75) is 32.0 Å². The Kier molecular flexibility index (Phi) is 4.32. The van der Waals surface area contributed by atoms with Crippen molar-refractivity contribution in [3.8, 4) is 5.75 Å². The third-order valence-corrected chi connectivity index (χ3v) is 4.65. The molecule has 1 saturated heterocycles. The monoisotopic (exact) mass is 354 g/mol. The van der Waals surface area contributed by atoms with Gasteiger partial charge in [0.05, 0.1) is 6.54 Å². The molecule has 5 nitrogen and oxygen atoms in total. The number of urea groups is 1. The lowest BCUT2D eigenvalue weighted by Gasteiger charge is -2.16. The Morgan fingerprint density at radius 3 is 2.27 bits per heavy atom. The second kappa shape index (κ2) is 6.78. The third kappa shape index (κ3) is 3.54. The van der Waals surface area contributed by atoms with E-state index in [0.717, 1.165) is 24.0 Å². The molecule has 1 heterocycles. The highest BCUT2D eigenvalue weighted by molar-refractivity contribution is 6.02. The van der Waals surface area contributed by atoms with Gasteiger partial charge in [-0.3, -0.25) is 9.69 Å². The van der Waals surface area contributed by atoms with E-state index in [2.05, 4.69) is 0 Å². The van der Waals surface area contributed by atoms with Crippen LogP contribution in [0.4, 0.5) is 9.18 Å². The van der Waals surface area contributed by atoms with Gasteiger partial charge in [0.1, 0.15) is 24.7 Å². The third-order valence-electron chi connectivity index (χ3n) is 4.65. The molecule has 0 unspecified atom stereocenters. The highest BCUT2D eigenvalue weighted by Crippen LogP contribution is 2.31. The summed E-state index contributed by atoms with van der Waals surface area (Å²) in [5.74, 6) is 0.264. The van der Waals surface area contributed by atoms with Crippen LogP contribution in [0.3, 0.4) is 0 Å². The first-order chi connectivity index (χ1) is 12.6. The van der Waals surface area contributed by atoms with Gasteiger partial charge in [-0.25, -0.2) is 9.18 Å². The molecule has 0 aromatic heterocycles. The van der Waals surface area contributed by atoms with Gasteiger partial charge in [0.2, 0.25) is 0 Å². The summed E-state index contributed by atoms with van der Waals surface area (Å²) in [5, 5.41) is 0. The Hall–Kier alpha value is -2.89. The van der Waals surface area contributed by atoms with Crippen LogP contribution in [0.1, 0.15) is 24.0 Å². The van der Waals surface area contributed by atoms with Gasteiger partial charge < -0.3 is 9.64 Å². The molecule has 2 fully saturated rings. The van der Waals surface area contributed by atoms with E-state index in [1.165, 1.54) is 17.0 Å². The number of amides is 3. The van der Waals surface area contributed by atoms with E-state index in [1.807, 2.05) is 24.3 Å². The summed E-state index contributed by atoms with van der Waals surface area (Å²) in [6.07, 6.45) is 1.99. The minimum absolute atomic E-state index is 0.140. The van der Waals surface area contributed by atoms with Gasteiger partial charge in [-0.15, -0.1) is 0 Å². The van der Waals surface area contributed by atoms with Crippen LogP contribution in [0.5, 0.6) is 5.75 Å². The highest BCUT2D eigenvalue weighted by Gasteiger charge is 2.43. The smallest absolute Gasteiger partial charge is 0.327 e. The number of hydrogen-bond acceptors (Lipinski definition) is 3. The minimum Gasteiger partial charge on any atom is -0.489 e. The molecule has 1 saturated carbocycles. The summed E-state index contributed by atoms with van der Waals surface area (Å²) in [6.45, 7) is 0.820. The standard InChI is InChI=1S/C20H19FN2O3/c21-16-5-1-15(2-6-16)13-26-18-9-3-14(4-10-18)11-23-19(24)12-22(20(23)25)17-7-8-17/h1-6,9-10,17H,7-8,11-13H2. The molecule has 4 rings (SSSR count). The van der Waals surface area contributed by atoms with Gasteiger partial charge in [0, 0.05) is 6.04 Å². The van der Waals surface area contributed by atoms with Crippen LogP contribution >= 0.6 is 0 Å². The average Bonchev–Trinajstić information content (AvgIpc) is 3.45. The number of carbonyl (C=O) groups is 2. The zero-order chi connectivity index (χ0) is 18.1. The molecule has 2 aromatic carbocycles. The van der Waals surface area contributed by atoms with Gasteiger partial charge in [0.25, 0.3) is 5.91 Å². The summed E-state index contributed by atoms with van der Waals surface area (Å²) in [4.78, 5) is 27.4. The molecular formula is C20H19FN2O3. The number of hydrogen-bond donors (Lipinski definition) is 0. The SMILES string of the molecule is O=C1CN(C2CC2)C(=O)N1Cc1ccc(OCc2ccc(F)cc2)cc1. The molecule has 0 radical (unpaired) electrons. The molecule has 134 valence electrons. The fraction of sp³-hybridized carbons (Fsp3) is 0.300. The number of ether oxygens (including phenoxy) is 1. The topological polar surface area (TPSA) is 49.9 Å². The summed E-state index contributed by atoms with van der Waals surface area (Å²) in [7, 11) is 0. The van der Waals surface area contributed by atoms with Crippen molar-refractivity contribution in [3.05, 3.63) is 65.5 Å². The Morgan fingerprint density at radius 2 is 1.62 bits per heavy atom. The van der Waals surface area contributed by atoms with Crippen LogP contribution in [0, 0.1) is 5.82 Å². The molecular weight excluding hydrogens is 335 g/mol. The first-order valence-electron chi connectivity index (χ1n) is 8.67. The Morgan fingerprint density at radius 1 is 0.962 bits per heavy atom. The van der Waals surface area contributed by atoms with E-state index < -0.39 is 0 Å². The van der Waals surface area contributed by atoms with Gasteiger partial charge in [-0.1, -0.05) is 24.3 Å². The van der Waals surface area contributed by atoms with Crippen molar-refractivity contribution >= 4 is 11.9 Å². The zero-order valence-corrected chi connectivity index (χ0v) is 14.2. The maximum atomic E-state index is 12.9. The highest BCUT2D eigenvalue weighted by atomic mass is 19.1. The molecule has 26 heavy (non-hydrogen) atoms. The lowest BCUT2D eigenvalue weighted by atomic mass is 10.2. The second-order valence-corrected chi connectivity index (χ2v) is 6.68. The fourth-order valence-corrected chi connectivity index (χ4v) is 3.01. The van der Waals surface area contributed by atoms with E-state index in [0.29, 0.717) is 12.4 Å². The molecule has 1 aliphatic carbocycles. The van der Waals surface area contributed by atoms with Crippen LogP contribution in [0.15, 0.2) is 48.5 Å². The maximum absolute atomic E-state index is 12.9. The minimum atomic E-state index is -0.274. The van der Waals surface area contributed by atoms with Crippen molar-refractivity contribution in [2.24, 2.45) is 0 Å². The van der Waals surface area contributed by atoms with E-state index in [1.54, 1.807) is 17.0 Å². The van der Waals surface area contributed by atoms with Crippen LogP contribution in [0.2, 0.25) is 0 Å². The van der Waals surface area contributed by atoms with Crippen molar-refractivity contribution < 1.29 is 18.7 Å². The molecule has 2 aliphatic rings. The predicted molar refractivity (Wildman–Crippen MR) is 92.8 cm³/mol. The Labute approximate surface area is 151 Å². The lowest BCUT2D eigenvalue weighted by molar-refractivity contribution is -0.125. The predicted octanol–water partition coefficient (Wildman–Crippen LogP) is 3.33. The second-order valence-electron chi connectivity index (χ2n) is 6.68. The number of imide groups is 1. The maximum Gasteiger partial charge on any atom is 0.327 e. The fourth-order valence-electron chi connectivity index (χ4n) is 3.01. The number of halogens is 1. The Balaban J connectivity index is 1.34. The van der Waals surface area contributed by atoms with E-state index in [4.69, 9.17) is 4.74 Å². The summed E-state index contributed by atoms with van der Waals surface area (Å²) < 4.78 is 18.6. The first-order valence-corrected chi connectivity index (χ1v) is 8.67. The molecule has 0 atom stereocenters. The molecule has 0 spiro atoms. The molecule has 6 heteroatoms. The van der Waals surface area contributed by atoms with Gasteiger partial charge in [0.15, 0.2) is 0 Å².